The van der Waals surface area contributed by atoms with E-state index in [0.717, 1.165) is 18.7 Å². The summed E-state index contributed by atoms with van der Waals surface area (Å²) < 4.78 is 0. The van der Waals surface area contributed by atoms with Crippen molar-refractivity contribution in [2.24, 2.45) is 10.9 Å². The molecular weight excluding hydrogens is 274 g/mol. The van der Waals surface area contributed by atoms with Gasteiger partial charge in [0.1, 0.15) is 0 Å². The van der Waals surface area contributed by atoms with E-state index < -0.39 is 0 Å². The van der Waals surface area contributed by atoms with E-state index in [-0.39, 0.29) is 5.84 Å². The summed E-state index contributed by atoms with van der Waals surface area (Å²) in [5.41, 5.74) is 7.29. The SMILES string of the molecule is CCCCCN(c1cccc(Cl)c1C(N)=NO)C(C)C. The number of amidine groups is 1. The second kappa shape index (κ2) is 8.00. The monoisotopic (exact) mass is 297 g/mol. The molecule has 0 heterocycles. The molecule has 0 fully saturated rings. The highest BCUT2D eigenvalue weighted by Gasteiger charge is 2.18. The zero-order valence-corrected chi connectivity index (χ0v) is 13.2. The van der Waals surface area contributed by atoms with Crippen LogP contribution < -0.4 is 10.6 Å². The quantitative estimate of drug-likeness (QED) is 0.264. The molecule has 0 radical (unpaired) electrons. The first kappa shape index (κ1) is 16.6. The van der Waals surface area contributed by atoms with Crippen LogP contribution in [0.2, 0.25) is 5.02 Å². The Balaban J connectivity index is 3.16. The van der Waals surface area contributed by atoms with E-state index in [0.29, 0.717) is 16.6 Å². The molecule has 20 heavy (non-hydrogen) atoms. The number of unbranched alkanes of at least 4 members (excludes halogenated alkanes) is 2. The summed E-state index contributed by atoms with van der Waals surface area (Å²) in [7, 11) is 0. The molecular formula is C15H24ClN3O. The van der Waals surface area contributed by atoms with Gasteiger partial charge in [-0.05, 0) is 32.4 Å². The number of rotatable bonds is 7. The van der Waals surface area contributed by atoms with Crippen LogP contribution in [-0.4, -0.2) is 23.6 Å². The second-order valence-corrected chi connectivity index (χ2v) is 5.52. The normalized spacial score (nSPS) is 11.9. The molecule has 0 aliphatic heterocycles. The van der Waals surface area contributed by atoms with E-state index in [2.05, 4.69) is 30.8 Å². The molecule has 0 saturated heterocycles. The Morgan fingerprint density at radius 2 is 2.10 bits per heavy atom. The highest BCUT2D eigenvalue weighted by Crippen LogP contribution is 2.29. The lowest BCUT2D eigenvalue weighted by atomic mass is 10.1. The molecule has 0 aromatic heterocycles. The predicted molar refractivity (Wildman–Crippen MR) is 86.0 cm³/mol. The molecule has 0 aliphatic rings. The van der Waals surface area contributed by atoms with Crippen molar-refractivity contribution in [3.8, 4) is 0 Å². The Morgan fingerprint density at radius 3 is 2.65 bits per heavy atom. The van der Waals surface area contributed by atoms with Gasteiger partial charge in [-0.1, -0.05) is 42.6 Å². The van der Waals surface area contributed by atoms with Gasteiger partial charge < -0.3 is 15.8 Å². The van der Waals surface area contributed by atoms with Gasteiger partial charge in [0.2, 0.25) is 0 Å². The van der Waals surface area contributed by atoms with Crippen molar-refractivity contribution in [1.82, 2.24) is 0 Å². The third kappa shape index (κ3) is 4.04. The van der Waals surface area contributed by atoms with Crippen LogP contribution >= 0.6 is 11.6 Å². The van der Waals surface area contributed by atoms with Crippen LogP contribution in [0.5, 0.6) is 0 Å². The molecule has 5 heteroatoms. The molecule has 0 atom stereocenters. The van der Waals surface area contributed by atoms with Gasteiger partial charge in [-0.15, -0.1) is 0 Å². The zero-order valence-electron chi connectivity index (χ0n) is 12.4. The first-order chi connectivity index (χ1) is 9.52. The molecule has 3 N–H and O–H groups in total. The number of nitrogens with two attached hydrogens (primary N) is 1. The number of benzene rings is 1. The van der Waals surface area contributed by atoms with Crippen LogP contribution in [-0.2, 0) is 0 Å². The van der Waals surface area contributed by atoms with Crippen molar-refractivity contribution < 1.29 is 5.21 Å². The average molecular weight is 298 g/mol. The molecule has 112 valence electrons. The van der Waals surface area contributed by atoms with Crippen LogP contribution in [0.3, 0.4) is 0 Å². The Kier molecular flexibility index (Phi) is 6.65. The lowest BCUT2D eigenvalue weighted by molar-refractivity contribution is 0.318. The van der Waals surface area contributed by atoms with Crippen LogP contribution in [0, 0.1) is 0 Å². The van der Waals surface area contributed by atoms with Crippen LogP contribution in [0.1, 0.15) is 45.6 Å². The summed E-state index contributed by atoms with van der Waals surface area (Å²) in [5.74, 6) is 0.0479. The summed E-state index contributed by atoms with van der Waals surface area (Å²) in [6, 6.07) is 5.92. The first-order valence-electron chi connectivity index (χ1n) is 7.06. The number of oxime groups is 1. The van der Waals surface area contributed by atoms with Crippen molar-refractivity contribution >= 4 is 23.1 Å². The van der Waals surface area contributed by atoms with E-state index in [1.807, 2.05) is 12.1 Å². The number of halogens is 1. The molecule has 1 aromatic carbocycles. The van der Waals surface area contributed by atoms with Gasteiger partial charge in [0.15, 0.2) is 5.84 Å². The largest absolute Gasteiger partial charge is 0.409 e. The van der Waals surface area contributed by atoms with Gasteiger partial charge in [0.25, 0.3) is 0 Å². The van der Waals surface area contributed by atoms with E-state index in [4.69, 9.17) is 22.5 Å². The van der Waals surface area contributed by atoms with Crippen molar-refractivity contribution in [3.05, 3.63) is 28.8 Å². The fourth-order valence-electron chi connectivity index (χ4n) is 2.24. The van der Waals surface area contributed by atoms with Crippen molar-refractivity contribution in [2.75, 3.05) is 11.4 Å². The topological polar surface area (TPSA) is 61.8 Å². The summed E-state index contributed by atoms with van der Waals surface area (Å²) in [6.07, 6.45) is 3.47. The lowest BCUT2D eigenvalue weighted by Crippen LogP contribution is -2.34. The number of hydrogen-bond acceptors (Lipinski definition) is 3. The van der Waals surface area contributed by atoms with Crippen molar-refractivity contribution in [3.63, 3.8) is 0 Å². The molecule has 0 amide bonds. The van der Waals surface area contributed by atoms with Crippen molar-refractivity contribution in [2.45, 2.75) is 46.1 Å². The lowest BCUT2D eigenvalue weighted by Gasteiger charge is -2.31. The van der Waals surface area contributed by atoms with Crippen LogP contribution in [0.4, 0.5) is 5.69 Å². The Morgan fingerprint density at radius 1 is 1.40 bits per heavy atom. The molecule has 0 bridgehead atoms. The zero-order chi connectivity index (χ0) is 15.1. The smallest absolute Gasteiger partial charge is 0.173 e. The van der Waals surface area contributed by atoms with Gasteiger partial charge in [-0.2, -0.15) is 0 Å². The Labute approximate surface area is 126 Å². The molecule has 0 unspecified atom stereocenters. The van der Waals surface area contributed by atoms with E-state index >= 15 is 0 Å². The second-order valence-electron chi connectivity index (χ2n) is 5.11. The van der Waals surface area contributed by atoms with E-state index in [9.17, 15) is 0 Å². The number of nitrogens with zero attached hydrogens (tertiary/aromatic N) is 2. The Hall–Kier alpha value is -1.42. The minimum atomic E-state index is 0.0479. The Bertz CT molecular complexity index is 460. The molecule has 1 rings (SSSR count). The minimum Gasteiger partial charge on any atom is -0.409 e. The molecule has 4 nitrogen and oxygen atoms in total. The van der Waals surface area contributed by atoms with Crippen LogP contribution in [0.25, 0.3) is 0 Å². The molecule has 0 spiro atoms. The minimum absolute atomic E-state index is 0.0479. The summed E-state index contributed by atoms with van der Waals surface area (Å²) in [6.45, 7) is 7.37. The summed E-state index contributed by atoms with van der Waals surface area (Å²) in [4.78, 5) is 2.24. The third-order valence-corrected chi connectivity index (χ3v) is 3.61. The molecule has 0 aliphatic carbocycles. The van der Waals surface area contributed by atoms with Gasteiger partial charge in [-0.3, -0.25) is 0 Å². The van der Waals surface area contributed by atoms with E-state index in [1.165, 1.54) is 12.8 Å². The van der Waals surface area contributed by atoms with E-state index in [1.54, 1.807) is 6.07 Å². The fraction of sp³-hybridized carbons (Fsp3) is 0.533. The van der Waals surface area contributed by atoms with Gasteiger partial charge in [0.05, 0.1) is 10.6 Å². The average Bonchev–Trinajstić information content (AvgIpc) is 2.42. The fourth-order valence-corrected chi connectivity index (χ4v) is 2.51. The van der Waals surface area contributed by atoms with Gasteiger partial charge in [-0.25, -0.2) is 0 Å². The number of anilines is 1. The number of hydrogen-bond donors (Lipinski definition) is 2. The summed E-state index contributed by atoms with van der Waals surface area (Å²) in [5, 5.41) is 12.6. The van der Waals surface area contributed by atoms with Crippen LogP contribution in [0.15, 0.2) is 23.4 Å². The maximum absolute atomic E-state index is 8.96. The van der Waals surface area contributed by atoms with Gasteiger partial charge >= 0.3 is 0 Å². The highest BCUT2D eigenvalue weighted by molar-refractivity contribution is 6.34. The maximum atomic E-state index is 8.96. The standard InChI is InChI=1S/C15H24ClN3O/c1-4-5-6-10-19(11(2)3)13-9-7-8-12(16)14(13)15(17)18-20/h7-9,11,20H,4-6,10H2,1-3H3,(H2,17,18). The first-order valence-corrected chi connectivity index (χ1v) is 7.43. The molecule has 1 aromatic rings. The highest BCUT2D eigenvalue weighted by atomic mass is 35.5. The predicted octanol–water partition coefficient (Wildman–Crippen LogP) is 3.84. The maximum Gasteiger partial charge on any atom is 0.173 e. The van der Waals surface area contributed by atoms with Crippen molar-refractivity contribution in [1.29, 1.82) is 0 Å². The van der Waals surface area contributed by atoms with Gasteiger partial charge in [0, 0.05) is 18.3 Å². The summed E-state index contributed by atoms with van der Waals surface area (Å²) >= 11 is 6.21. The third-order valence-electron chi connectivity index (χ3n) is 3.29. The molecule has 0 saturated carbocycles.